The molecule has 0 aliphatic rings. The average Bonchev–Trinajstić information content (AvgIpc) is 2.62. The summed E-state index contributed by atoms with van der Waals surface area (Å²) < 4.78 is 16.9. The lowest BCUT2D eigenvalue weighted by molar-refractivity contribution is -0.384. The fraction of sp³-hybridized carbons (Fsp3) is 0.316. The first-order chi connectivity index (χ1) is 13.3. The van der Waals surface area contributed by atoms with E-state index in [0.717, 1.165) is 0 Å². The number of hydrogen-bond acceptors (Lipinski definition) is 7. The topological polar surface area (TPSA) is 99.9 Å². The van der Waals surface area contributed by atoms with Crippen LogP contribution in [0.1, 0.15) is 27.2 Å². The maximum absolute atomic E-state index is 11.9. The molecule has 1 N–H and O–H groups in total. The molecule has 0 heterocycles. The number of esters is 1. The van der Waals surface area contributed by atoms with Crippen molar-refractivity contribution < 1.29 is 23.5 Å². The van der Waals surface area contributed by atoms with Gasteiger partial charge in [0.25, 0.3) is 5.69 Å². The Balaban J connectivity index is 2.05. The van der Waals surface area contributed by atoms with Gasteiger partial charge in [-0.2, -0.15) is 0 Å². The summed E-state index contributed by atoms with van der Waals surface area (Å²) in [7, 11) is -1.66. The molecule has 0 aromatic heterocycles. The molecular formula is C19H23N2O6P. The van der Waals surface area contributed by atoms with Crippen LogP contribution in [0, 0.1) is 10.1 Å². The summed E-state index contributed by atoms with van der Waals surface area (Å²) in [6.07, 6.45) is -0.0307. The molecule has 0 saturated carbocycles. The van der Waals surface area contributed by atoms with E-state index in [1.807, 2.05) is 25.1 Å². The van der Waals surface area contributed by atoms with Crippen molar-refractivity contribution in [3.63, 3.8) is 0 Å². The van der Waals surface area contributed by atoms with Crippen molar-refractivity contribution >= 4 is 20.2 Å². The highest BCUT2D eigenvalue weighted by molar-refractivity contribution is 7.45. The third kappa shape index (κ3) is 7.50. The van der Waals surface area contributed by atoms with Crippen molar-refractivity contribution in [3.8, 4) is 11.5 Å². The molecule has 0 fully saturated rings. The van der Waals surface area contributed by atoms with E-state index < -0.39 is 13.4 Å². The lowest BCUT2D eigenvalue weighted by Crippen LogP contribution is -2.28. The number of non-ortho nitro benzene ring substituents is 1. The minimum Gasteiger partial charge on any atom is -0.463 e. The number of hydrogen-bond donors (Lipinski definition) is 1. The van der Waals surface area contributed by atoms with Gasteiger partial charge in [0.1, 0.15) is 11.5 Å². The van der Waals surface area contributed by atoms with Crippen LogP contribution in [0.25, 0.3) is 0 Å². The first-order valence-corrected chi connectivity index (χ1v) is 9.92. The quantitative estimate of drug-likeness (QED) is 0.266. The summed E-state index contributed by atoms with van der Waals surface area (Å²) in [6, 6.07) is 14.5. The molecule has 2 rings (SSSR count). The molecule has 0 radical (unpaired) electrons. The number of nitrogens with one attached hydrogen (secondary N) is 1. The Kier molecular flexibility index (Phi) is 8.17. The number of ether oxygens (including phenoxy) is 1. The van der Waals surface area contributed by atoms with Crippen LogP contribution in [0.4, 0.5) is 5.69 Å². The van der Waals surface area contributed by atoms with Crippen LogP contribution in [0.3, 0.4) is 0 Å². The van der Waals surface area contributed by atoms with Gasteiger partial charge >= 0.3 is 14.5 Å². The summed E-state index contributed by atoms with van der Waals surface area (Å²) in [5.74, 6) is 0.692. The van der Waals surface area contributed by atoms with Gasteiger partial charge in [-0.1, -0.05) is 18.2 Å². The van der Waals surface area contributed by atoms with Crippen LogP contribution in [0.15, 0.2) is 54.6 Å². The van der Waals surface area contributed by atoms with Gasteiger partial charge in [-0.15, -0.1) is 0 Å². The summed E-state index contributed by atoms with van der Waals surface area (Å²) in [5.41, 5.74) is -0.0292. The molecule has 0 amide bonds. The van der Waals surface area contributed by atoms with E-state index in [2.05, 4.69) is 5.09 Å². The van der Waals surface area contributed by atoms with Crippen LogP contribution in [-0.2, 0) is 9.53 Å². The predicted octanol–water partition coefficient (Wildman–Crippen LogP) is 4.60. The molecule has 150 valence electrons. The SMILES string of the molecule is CC(CC(=O)OC(C)C)NP(Oc1ccccc1)Oc1ccc([N+](=O)[O-])cc1. The predicted molar refractivity (Wildman–Crippen MR) is 106 cm³/mol. The van der Waals surface area contributed by atoms with Crippen molar-refractivity contribution in [1.82, 2.24) is 5.09 Å². The van der Waals surface area contributed by atoms with Gasteiger partial charge in [-0.25, -0.2) is 5.09 Å². The second-order valence-corrected chi connectivity index (χ2v) is 7.41. The minimum atomic E-state index is -1.66. The van der Waals surface area contributed by atoms with Crippen LogP contribution >= 0.6 is 8.53 Å². The zero-order chi connectivity index (χ0) is 20.5. The number of nitrogens with zero attached hydrogens (tertiary/aromatic N) is 1. The largest absolute Gasteiger partial charge is 0.463 e. The molecule has 0 spiro atoms. The van der Waals surface area contributed by atoms with Crippen molar-refractivity contribution in [2.75, 3.05) is 0 Å². The van der Waals surface area contributed by atoms with Crippen LogP contribution in [-0.4, -0.2) is 23.0 Å². The molecule has 0 aliphatic carbocycles. The van der Waals surface area contributed by atoms with Crippen molar-refractivity contribution in [3.05, 3.63) is 64.7 Å². The lowest BCUT2D eigenvalue weighted by atomic mass is 10.2. The van der Waals surface area contributed by atoms with Gasteiger partial charge in [0.2, 0.25) is 0 Å². The first kappa shape index (κ1) is 21.6. The van der Waals surface area contributed by atoms with E-state index in [1.165, 1.54) is 24.3 Å². The number of nitro benzene ring substituents is 1. The highest BCUT2D eigenvalue weighted by atomic mass is 31.2. The van der Waals surface area contributed by atoms with Gasteiger partial charge in [0.05, 0.1) is 17.4 Å². The highest BCUT2D eigenvalue weighted by Gasteiger charge is 2.21. The highest BCUT2D eigenvalue weighted by Crippen LogP contribution is 2.38. The van der Waals surface area contributed by atoms with Gasteiger partial charge in [-0.05, 0) is 45.0 Å². The maximum atomic E-state index is 11.9. The Morgan fingerprint density at radius 1 is 1.04 bits per heavy atom. The van der Waals surface area contributed by atoms with Gasteiger partial charge in [0, 0.05) is 18.2 Å². The zero-order valence-corrected chi connectivity index (χ0v) is 16.8. The molecule has 0 saturated heterocycles. The van der Waals surface area contributed by atoms with Crippen LogP contribution in [0.2, 0.25) is 0 Å². The number of carbonyl (C=O) groups excluding carboxylic acids is 1. The van der Waals surface area contributed by atoms with Crippen LogP contribution < -0.4 is 14.1 Å². The van der Waals surface area contributed by atoms with Gasteiger partial charge in [0.15, 0.2) is 0 Å². The summed E-state index contributed by atoms with van der Waals surface area (Å²) in [6.45, 7) is 5.41. The first-order valence-electron chi connectivity index (χ1n) is 8.74. The molecule has 2 aromatic carbocycles. The Morgan fingerprint density at radius 2 is 1.61 bits per heavy atom. The molecule has 2 aromatic rings. The fourth-order valence-electron chi connectivity index (χ4n) is 2.16. The Morgan fingerprint density at radius 3 is 2.14 bits per heavy atom. The normalized spacial score (nSPS) is 12.9. The van der Waals surface area contributed by atoms with Crippen LogP contribution in [0.5, 0.6) is 11.5 Å². The van der Waals surface area contributed by atoms with Crippen molar-refractivity contribution in [2.24, 2.45) is 0 Å². The number of rotatable bonds is 10. The Hall–Kier alpha value is -2.70. The third-order valence-electron chi connectivity index (χ3n) is 3.33. The number of nitro groups is 1. The number of benzene rings is 2. The Bertz CT molecular complexity index is 770. The molecular weight excluding hydrogens is 383 g/mol. The molecule has 28 heavy (non-hydrogen) atoms. The molecule has 2 unspecified atom stereocenters. The minimum absolute atomic E-state index is 0.0292. The molecule has 9 heteroatoms. The van der Waals surface area contributed by atoms with E-state index in [9.17, 15) is 14.9 Å². The fourth-order valence-corrected chi connectivity index (χ4v) is 3.38. The van der Waals surface area contributed by atoms with E-state index >= 15 is 0 Å². The van der Waals surface area contributed by atoms with Crippen molar-refractivity contribution in [1.29, 1.82) is 0 Å². The van der Waals surface area contributed by atoms with Gasteiger partial charge in [-0.3, -0.25) is 14.9 Å². The summed E-state index contributed by atoms with van der Waals surface area (Å²) in [4.78, 5) is 22.2. The molecule has 0 bridgehead atoms. The smallest absolute Gasteiger partial charge is 0.381 e. The third-order valence-corrected chi connectivity index (χ3v) is 4.74. The summed E-state index contributed by atoms with van der Waals surface area (Å²) in [5, 5.41) is 13.9. The standard InChI is InChI=1S/C19H23N2O6P/c1-14(2)25-19(22)13-15(3)20-28(26-17-7-5-4-6-8-17)27-18-11-9-16(10-12-18)21(23)24/h4-12,14-15,20H,13H2,1-3H3. The summed E-state index contributed by atoms with van der Waals surface area (Å²) >= 11 is 0. The monoisotopic (exact) mass is 406 g/mol. The van der Waals surface area contributed by atoms with E-state index in [1.54, 1.807) is 26.0 Å². The lowest BCUT2D eigenvalue weighted by Gasteiger charge is -2.22. The Labute approximate surface area is 164 Å². The van der Waals surface area contributed by atoms with E-state index in [-0.39, 0.29) is 30.2 Å². The second-order valence-electron chi connectivity index (χ2n) is 6.28. The molecule has 8 nitrogen and oxygen atoms in total. The van der Waals surface area contributed by atoms with E-state index in [4.69, 9.17) is 13.8 Å². The zero-order valence-electron chi connectivity index (χ0n) is 15.9. The van der Waals surface area contributed by atoms with Gasteiger partial charge < -0.3 is 13.8 Å². The number of para-hydroxylation sites is 1. The van der Waals surface area contributed by atoms with E-state index in [0.29, 0.717) is 11.5 Å². The molecule has 2 atom stereocenters. The maximum Gasteiger partial charge on any atom is 0.381 e. The number of carbonyl (C=O) groups is 1. The second kappa shape index (κ2) is 10.6. The average molecular weight is 406 g/mol. The molecule has 0 aliphatic heterocycles. The van der Waals surface area contributed by atoms with Crippen molar-refractivity contribution in [2.45, 2.75) is 39.3 Å².